The molecule has 1 aromatic heterocycles. The van der Waals surface area contributed by atoms with Gasteiger partial charge in [0.15, 0.2) is 5.78 Å². The van der Waals surface area contributed by atoms with E-state index >= 15 is 0 Å². The number of hydrogen-bond acceptors (Lipinski definition) is 4. The van der Waals surface area contributed by atoms with Crippen LogP contribution in [0, 0.1) is 5.92 Å². The summed E-state index contributed by atoms with van der Waals surface area (Å²) in [5, 5.41) is 14.3. The van der Waals surface area contributed by atoms with E-state index in [4.69, 9.17) is 11.6 Å². The molecule has 3 rings (SSSR count). The van der Waals surface area contributed by atoms with Crippen LogP contribution in [0.15, 0.2) is 48.8 Å². The second kappa shape index (κ2) is 6.82. The van der Waals surface area contributed by atoms with E-state index in [1.165, 1.54) is 47.9 Å². The topological polar surface area (TPSA) is 91.3 Å². The molecule has 1 saturated heterocycles. The number of carbonyl (C=O) groups excluding carboxylic acids is 2. The Morgan fingerprint density at radius 1 is 1.26 bits per heavy atom. The van der Waals surface area contributed by atoms with Crippen molar-refractivity contribution < 1.29 is 27.9 Å². The maximum atomic E-state index is 13.7. The molecule has 0 spiro atoms. The number of aliphatic hydroxyl groups is 1. The molecule has 0 saturated carbocycles. The SMILES string of the molecule is O=C1N[C@@H](c2cccc(Cl)c2)[C@@H](C(=O)c2cccnc2)[C@](O)(C(F)(F)F)N1. The Labute approximate surface area is 156 Å². The number of nitrogens with zero attached hydrogens (tertiary/aromatic N) is 1. The van der Waals surface area contributed by atoms with Gasteiger partial charge in [0, 0.05) is 23.0 Å². The van der Waals surface area contributed by atoms with Crippen molar-refractivity contribution in [3.8, 4) is 0 Å². The van der Waals surface area contributed by atoms with Gasteiger partial charge in [-0.2, -0.15) is 13.2 Å². The highest BCUT2D eigenvalue weighted by Gasteiger charge is 2.66. The van der Waals surface area contributed by atoms with Crippen molar-refractivity contribution in [3.05, 3.63) is 64.9 Å². The number of carbonyl (C=O) groups is 2. The monoisotopic (exact) mass is 399 g/mol. The van der Waals surface area contributed by atoms with Crippen LogP contribution in [0.2, 0.25) is 5.02 Å². The first kappa shape index (κ1) is 19.1. The van der Waals surface area contributed by atoms with E-state index in [2.05, 4.69) is 10.3 Å². The first-order valence-electron chi connectivity index (χ1n) is 7.71. The van der Waals surface area contributed by atoms with E-state index < -0.39 is 35.7 Å². The Morgan fingerprint density at radius 3 is 2.59 bits per heavy atom. The molecular formula is C17H13ClF3N3O3. The molecule has 3 atom stereocenters. The molecule has 2 heterocycles. The molecule has 3 N–H and O–H groups in total. The fourth-order valence-electron chi connectivity index (χ4n) is 3.00. The molecule has 142 valence electrons. The van der Waals surface area contributed by atoms with Crippen LogP contribution in [0.25, 0.3) is 0 Å². The number of ketones is 1. The highest BCUT2D eigenvalue weighted by atomic mass is 35.5. The van der Waals surface area contributed by atoms with Gasteiger partial charge in [-0.3, -0.25) is 9.78 Å². The van der Waals surface area contributed by atoms with Crippen LogP contribution in [0.3, 0.4) is 0 Å². The lowest BCUT2D eigenvalue weighted by Crippen LogP contribution is -2.72. The second-order valence-corrected chi connectivity index (χ2v) is 6.42. The Bertz CT molecular complexity index is 878. The number of nitrogens with one attached hydrogen (secondary N) is 2. The summed E-state index contributed by atoms with van der Waals surface area (Å²) in [6, 6.07) is 5.58. The molecule has 10 heteroatoms. The number of amides is 2. The van der Waals surface area contributed by atoms with E-state index in [-0.39, 0.29) is 16.1 Å². The first-order valence-corrected chi connectivity index (χ1v) is 8.09. The number of halogens is 4. The smallest absolute Gasteiger partial charge is 0.363 e. The van der Waals surface area contributed by atoms with E-state index in [1.807, 2.05) is 0 Å². The Hall–Kier alpha value is -2.65. The maximum Gasteiger partial charge on any atom is 0.437 e. The van der Waals surface area contributed by atoms with Gasteiger partial charge in [-0.05, 0) is 29.8 Å². The lowest BCUT2D eigenvalue weighted by molar-refractivity contribution is -0.287. The molecule has 2 amide bonds. The fraction of sp³-hybridized carbons (Fsp3) is 0.235. The molecule has 6 nitrogen and oxygen atoms in total. The molecule has 2 aromatic rings. The van der Waals surface area contributed by atoms with Crippen molar-refractivity contribution in [2.45, 2.75) is 17.9 Å². The molecular weight excluding hydrogens is 387 g/mol. The Balaban J connectivity index is 2.17. The highest BCUT2D eigenvalue weighted by Crippen LogP contribution is 2.44. The van der Waals surface area contributed by atoms with E-state index in [0.29, 0.717) is 0 Å². The van der Waals surface area contributed by atoms with Gasteiger partial charge < -0.3 is 15.7 Å². The number of Topliss-reactive ketones (excluding diaryl/α,β-unsaturated/α-hetero) is 1. The molecule has 1 aliphatic rings. The van der Waals surface area contributed by atoms with Crippen LogP contribution >= 0.6 is 11.6 Å². The molecule has 0 radical (unpaired) electrons. The van der Waals surface area contributed by atoms with Gasteiger partial charge in [-0.1, -0.05) is 23.7 Å². The van der Waals surface area contributed by atoms with Crippen LogP contribution in [-0.4, -0.2) is 33.8 Å². The third-order valence-electron chi connectivity index (χ3n) is 4.24. The quantitative estimate of drug-likeness (QED) is 0.692. The normalized spacial score (nSPS) is 25.4. The largest absolute Gasteiger partial charge is 0.437 e. The molecule has 27 heavy (non-hydrogen) atoms. The van der Waals surface area contributed by atoms with Gasteiger partial charge in [0.25, 0.3) is 0 Å². The van der Waals surface area contributed by atoms with Crippen LogP contribution in [0.1, 0.15) is 22.0 Å². The van der Waals surface area contributed by atoms with Crippen molar-refractivity contribution in [1.29, 1.82) is 0 Å². The first-order chi connectivity index (χ1) is 12.6. The van der Waals surface area contributed by atoms with Crippen LogP contribution in [-0.2, 0) is 0 Å². The zero-order chi connectivity index (χ0) is 19.8. The lowest BCUT2D eigenvalue weighted by Gasteiger charge is -2.45. The predicted octanol–water partition coefficient (Wildman–Crippen LogP) is 2.84. The zero-order valence-electron chi connectivity index (χ0n) is 13.5. The third kappa shape index (κ3) is 3.47. The number of pyridine rings is 1. The predicted molar refractivity (Wildman–Crippen MR) is 88.9 cm³/mol. The minimum Gasteiger partial charge on any atom is -0.363 e. The van der Waals surface area contributed by atoms with Gasteiger partial charge in [-0.25, -0.2) is 4.79 Å². The summed E-state index contributed by atoms with van der Waals surface area (Å²) in [6.07, 6.45) is -2.88. The molecule has 1 aliphatic heterocycles. The van der Waals surface area contributed by atoms with Crippen molar-refractivity contribution in [1.82, 2.24) is 15.6 Å². The Morgan fingerprint density at radius 2 is 2.00 bits per heavy atom. The van der Waals surface area contributed by atoms with Crippen LogP contribution < -0.4 is 10.6 Å². The van der Waals surface area contributed by atoms with Gasteiger partial charge in [0.05, 0.1) is 6.04 Å². The van der Waals surface area contributed by atoms with E-state index in [9.17, 15) is 27.9 Å². The van der Waals surface area contributed by atoms with Gasteiger partial charge in [0.2, 0.25) is 5.72 Å². The summed E-state index contributed by atoms with van der Waals surface area (Å²) in [7, 11) is 0. The zero-order valence-corrected chi connectivity index (χ0v) is 14.3. The van der Waals surface area contributed by atoms with Crippen molar-refractivity contribution in [2.24, 2.45) is 5.92 Å². The minimum absolute atomic E-state index is 0.141. The number of alkyl halides is 3. The average molecular weight is 400 g/mol. The molecule has 1 fully saturated rings. The summed E-state index contributed by atoms with van der Waals surface area (Å²) in [5.41, 5.74) is -3.78. The summed E-state index contributed by atoms with van der Waals surface area (Å²) in [5.74, 6) is -3.15. The number of benzene rings is 1. The number of urea groups is 1. The van der Waals surface area contributed by atoms with E-state index in [1.54, 1.807) is 0 Å². The van der Waals surface area contributed by atoms with E-state index in [0.717, 1.165) is 6.20 Å². The van der Waals surface area contributed by atoms with Crippen molar-refractivity contribution >= 4 is 23.4 Å². The van der Waals surface area contributed by atoms with Crippen LogP contribution in [0.4, 0.5) is 18.0 Å². The minimum atomic E-state index is -5.32. The summed E-state index contributed by atoms with van der Waals surface area (Å²) in [4.78, 5) is 28.5. The number of hydrogen-bond donors (Lipinski definition) is 3. The van der Waals surface area contributed by atoms with Crippen LogP contribution in [0.5, 0.6) is 0 Å². The van der Waals surface area contributed by atoms with Crippen molar-refractivity contribution in [3.63, 3.8) is 0 Å². The number of rotatable bonds is 3. The summed E-state index contributed by atoms with van der Waals surface area (Å²) >= 11 is 5.90. The molecule has 0 bridgehead atoms. The second-order valence-electron chi connectivity index (χ2n) is 5.98. The average Bonchev–Trinajstić information content (AvgIpc) is 2.60. The highest BCUT2D eigenvalue weighted by molar-refractivity contribution is 6.30. The fourth-order valence-corrected chi connectivity index (χ4v) is 3.20. The van der Waals surface area contributed by atoms with Gasteiger partial charge >= 0.3 is 12.2 Å². The van der Waals surface area contributed by atoms with Gasteiger partial charge in [-0.15, -0.1) is 0 Å². The maximum absolute atomic E-state index is 13.7. The Kier molecular flexibility index (Phi) is 4.83. The van der Waals surface area contributed by atoms with Gasteiger partial charge in [0.1, 0.15) is 5.92 Å². The molecule has 0 aliphatic carbocycles. The third-order valence-corrected chi connectivity index (χ3v) is 4.48. The summed E-state index contributed by atoms with van der Waals surface area (Å²) < 4.78 is 41.1. The molecule has 1 aromatic carbocycles. The lowest BCUT2D eigenvalue weighted by atomic mass is 9.77. The summed E-state index contributed by atoms with van der Waals surface area (Å²) in [6.45, 7) is 0. The number of aromatic nitrogens is 1. The van der Waals surface area contributed by atoms with Crippen molar-refractivity contribution in [2.75, 3.05) is 0 Å². The molecule has 0 unspecified atom stereocenters. The standard InChI is InChI=1S/C17H13ClF3N3O3/c18-11-5-1-3-9(7-11)13-12(14(25)10-4-2-6-22-8-10)16(27,17(19,20)21)24-15(26)23-13/h1-8,12-13,27H,(H2,23,24,26)/t12-,13-,16-/m0/s1.